The monoisotopic (exact) mass is 271 g/mol. The van der Waals surface area contributed by atoms with Crippen molar-refractivity contribution in [1.29, 1.82) is 0 Å². The van der Waals surface area contributed by atoms with Crippen LogP contribution in [0.2, 0.25) is 0 Å². The molecule has 1 aliphatic heterocycles. The molecule has 2 amide bonds. The van der Waals surface area contributed by atoms with E-state index in [2.05, 4.69) is 0 Å². The Morgan fingerprint density at radius 1 is 1.16 bits per heavy atom. The molecule has 0 unspecified atom stereocenters. The Morgan fingerprint density at radius 3 is 2.16 bits per heavy atom. The summed E-state index contributed by atoms with van der Waals surface area (Å²) in [7, 11) is 0. The van der Waals surface area contributed by atoms with Crippen molar-refractivity contribution >= 4 is 12.0 Å². The largest absolute Gasteiger partial charge is 0.450 e. The van der Waals surface area contributed by atoms with Gasteiger partial charge in [0, 0.05) is 26.2 Å². The lowest BCUT2D eigenvalue weighted by atomic mass is 10.0. The molecule has 110 valence electrons. The van der Waals surface area contributed by atoms with Gasteiger partial charge in [0.05, 0.1) is 12.6 Å². The van der Waals surface area contributed by atoms with E-state index in [1.54, 1.807) is 16.7 Å². The molecule has 1 atom stereocenters. The predicted molar refractivity (Wildman–Crippen MR) is 72.6 cm³/mol. The second-order valence-corrected chi connectivity index (χ2v) is 5.25. The van der Waals surface area contributed by atoms with Gasteiger partial charge in [0.2, 0.25) is 5.91 Å². The van der Waals surface area contributed by atoms with Gasteiger partial charge in [0.25, 0.3) is 0 Å². The number of carbonyl (C=O) groups is 2. The Morgan fingerprint density at radius 2 is 1.68 bits per heavy atom. The van der Waals surface area contributed by atoms with Gasteiger partial charge in [-0.25, -0.2) is 4.79 Å². The Kier molecular flexibility index (Phi) is 6.08. The highest BCUT2D eigenvalue weighted by Crippen LogP contribution is 2.09. The average Bonchev–Trinajstić information content (AvgIpc) is 2.37. The normalized spacial score (nSPS) is 17.5. The third-order valence-corrected chi connectivity index (χ3v) is 3.16. The van der Waals surface area contributed by atoms with E-state index in [0.29, 0.717) is 45.1 Å². The summed E-state index contributed by atoms with van der Waals surface area (Å²) in [5, 5.41) is 0. The highest BCUT2D eigenvalue weighted by molar-refractivity contribution is 5.82. The summed E-state index contributed by atoms with van der Waals surface area (Å²) in [6.45, 7) is 8.34. The number of hydrogen-bond acceptors (Lipinski definition) is 4. The van der Waals surface area contributed by atoms with E-state index in [1.807, 2.05) is 13.8 Å². The lowest BCUT2D eigenvalue weighted by Gasteiger charge is -2.35. The summed E-state index contributed by atoms with van der Waals surface area (Å²) in [5.74, 6) is 0.386. The van der Waals surface area contributed by atoms with Crippen LogP contribution in [0, 0.1) is 5.92 Å². The minimum atomic E-state index is -0.436. The number of amides is 2. The first-order valence-corrected chi connectivity index (χ1v) is 6.91. The van der Waals surface area contributed by atoms with Crippen LogP contribution in [0.25, 0.3) is 0 Å². The molecular weight excluding hydrogens is 246 g/mol. The molecule has 19 heavy (non-hydrogen) atoms. The molecule has 0 aromatic carbocycles. The second-order valence-electron chi connectivity index (χ2n) is 5.25. The molecule has 1 heterocycles. The number of nitrogens with zero attached hydrogens (tertiary/aromatic N) is 2. The highest BCUT2D eigenvalue weighted by atomic mass is 16.6. The topological polar surface area (TPSA) is 75.9 Å². The maximum Gasteiger partial charge on any atom is 0.409 e. The lowest BCUT2D eigenvalue weighted by Crippen LogP contribution is -2.54. The third kappa shape index (κ3) is 4.70. The third-order valence-electron chi connectivity index (χ3n) is 3.16. The van der Waals surface area contributed by atoms with Crippen molar-refractivity contribution in [3.8, 4) is 0 Å². The van der Waals surface area contributed by atoms with Gasteiger partial charge in [-0.3, -0.25) is 4.79 Å². The molecule has 2 N–H and O–H groups in total. The summed E-state index contributed by atoms with van der Waals surface area (Å²) in [5.41, 5.74) is 5.89. The number of hydrogen-bond donors (Lipinski definition) is 1. The fourth-order valence-electron chi connectivity index (χ4n) is 2.17. The van der Waals surface area contributed by atoms with Crippen LogP contribution in [-0.2, 0) is 9.53 Å². The molecule has 0 aromatic heterocycles. The van der Waals surface area contributed by atoms with E-state index in [-0.39, 0.29) is 12.0 Å². The molecule has 1 saturated heterocycles. The first kappa shape index (κ1) is 15.8. The Balaban J connectivity index is 2.40. The van der Waals surface area contributed by atoms with Crippen molar-refractivity contribution in [2.24, 2.45) is 11.7 Å². The second kappa shape index (κ2) is 7.33. The van der Waals surface area contributed by atoms with E-state index in [0.717, 1.165) is 0 Å². The minimum Gasteiger partial charge on any atom is -0.450 e. The van der Waals surface area contributed by atoms with Crippen molar-refractivity contribution in [3.63, 3.8) is 0 Å². The smallest absolute Gasteiger partial charge is 0.409 e. The predicted octanol–water partition coefficient (Wildman–Crippen LogP) is 0.661. The van der Waals surface area contributed by atoms with Gasteiger partial charge in [-0.1, -0.05) is 13.8 Å². The molecular formula is C13H25N3O3. The molecule has 0 spiro atoms. The Hall–Kier alpha value is -1.30. The fourth-order valence-corrected chi connectivity index (χ4v) is 2.17. The van der Waals surface area contributed by atoms with Crippen LogP contribution >= 0.6 is 0 Å². The van der Waals surface area contributed by atoms with Crippen LogP contribution in [0.4, 0.5) is 4.79 Å². The summed E-state index contributed by atoms with van der Waals surface area (Å²) >= 11 is 0. The zero-order chi connectivity index (χ0) is 14.4. The van der Waals surface area contributed by atoms with Crippen LogP contribution in [-0.4, -0.2) is 60.6 Å². The van der Waals surface area contributed by atoms with E-state index < -0.39 is 6.04 Å². The van der Waals surface area contributed by atoms with Crippen molar-refractivity contribution in [2.75, 3.05) is 32.8 Å². The molecule has 0 aromatic rings. The number of nitrogens with two attached hydrogens (primary N) is 1. The highest BCUT2D eigenvalue weighted by Gasteiger charge is 2.27. The zero-order valence-electron chi connectivity index (χ0n) is 12.1. The number of carbonyl (C=O) groups excluding carboxylic acids is 2. The van der Waals surface area contributed by atoms with E-state index in [9.17, 15) is 9.59 Å². The van der Waals surface area contributed by atoms with Gasteiger partial charge in [-0.05, 0) is 19.3 Å². The summed E-state index contributed by atoms with van der Waals surface area (Å²) < 4.78 is 4.94. The van der Waals surface area contributed by atoms with Crippen molar-refractivity contribution in [3.05, 3.63) is 0 Å². The molecule has 1 fully saturated rings. The quantitative estimate of drug-likeness (QED) is 0.815. The average molecular weight is 271 g/mol. The summed E-state index contributed by atoms with van der Waals surface area (Å²) in [4.78, 5) is 27.0. The molecule has 6 nitrogen and oxygen atoms in total. The number of ether oxygens (including phenoxy) is 1. The molecule has 1 rings (SSSR count). The fraction of sp³-hybridized carbons (Fsp3) is 0.846. The molecule has 6 heteroatoms. The summed E-state index contributed by atoms with van der Waals surface area (Å²) in [6, 6.07) is -0.436. The molecule has 1 aliphatic rings. The maximum absolute atomic E-state index is 12.1. The molecule has 0 radical (unpaired) electrons. The van der Waals surface area contributed by atoms with Gasteiger partial charge < -0.3 is 20.3 Å². The van der Waals surface area contributed by atoms with Gasteiger partial charge in [0.15, 0.2) is 0 Å². The van der Waals surface area contributed by atoms with Gasteiger partial charge in [-0.2, -0.15) is 0 Å². The van der Waals surface area contributed by atoms with E-state index in [1.165, 1.54) is 0 Å². The van der Waals surface area contributed by atoms with Crippen LogP contribution in [0.15, 0.2) is 0 Å². The van der Waals surface area contributed by atoms with Gasteiger partial charge in [0.1, 0.15) is 0 Å². The van der Waals surface area contributed by atoms with Gasteiger partial charge in [-0.15, -0.1) is 0 Å². The van der Waals surface area contributed by atoms with E-state index >= 15 is 0 Å². The van der Waals surface area contributed by atoms with Crippen LogP contribution in [0.5, 0.6) is 0 Å². The molecule has 0 aliphatic carbocycles. The standard InChI is InChI=1S/C13H25N3O3/c1-4-19-13(18)16-7-5-15(6-8-16)12(17)11(14)9-10(2)3/h10-11H,4-9,14H2,1-3H3/t11-/m0/s1. The van der Waals surface area contributed by atoms with E-state index in [4.69, 9.17) is 10.5 Å². The SMILES string of the molecule is CCOC(=O)N1CCN(C(=O)[C@@H](N)CC(C)C)CC1. The lowest BCUT2D eigenvalue weighted by molar-refractivity contribution is -0.134. The summed E-state index contributed by atoms with van der Waals surface area (Å²) in [6.07, 6.45) is 0.387. The Labute approximate surface area is 114 Å². The minimum absolute atomic E-state index is 0.0165. The molecule has 0 saturated carbocycles. The van der Waals surface area contributed by atoms with Crippen LogP contribution in [0.1, 0.15) is 27.2 Å². The number of rotatable bonds is 4. The first-order valence-electron chi connectivity index (χ1n) is 6.91. The van der Waals surface area contributed by atoms with Crippen LogP contribution in [0.3, 0.4) is 0 Å². The maximum atomic E-state index is 12.1. The van der Waals surface area contributed by atoms with Gasteiger partial charge >= 0.3 is 6.09 Å². The molecule has 0 bridgehead atoms. The Bertz CT molecular complexity index is 312. The van der Waals surface area contributed by atoms with Crippen LogP contribution < -0.4 is 5.73 Å². The zero-order valence-corrected chi connectivity index (χ0v) is 12.1. The van der Waals surface area contributed by atoms with Crippen molar-refractivity contribution in [2.45, 2.75) is 33.2 Å². The van der Waals surface area contributed by atoms with Crippen molar-refractivity contribution in [1.82, 2.24) is 9.80 Å². The first-order chi connectivity index (χ1) is 8.95. The number of piperazine rings is 1. The van der Waals surface area contributed by atoms with Crippen molar-refractivity contribution < 1.29 is 14.3 Å².